The minimum Gasteiger partial charge on any atom is -0.450 e. The summed E-state index contributed by atoms with van der Waals surface area (Å²) in [5.74, 6) is -2.51. The molecule has 0 aromatic carbocycles. The van der Waals surface area contributed by atoms with E-state index in [0.29, 0.717) is 38.5 Å². The molecule has 5 nitrogen and oxygen atoms in total. The molecule has 0 aromatic heterocycles. The second-order valence-corrected chi connectivity index (χ2v) is 10.9. The van der Waals surface area contributed by atoms with Crippen LogP contribution in [0.25, 0.3) is 0 Å². The number of carbonyl (C=O) groups is 4. The molecule has 4 rings (SSSR count). The Morgan fingerprint density at radius 3 is 2.45 bits per heavy atom. The van der Waals surface area contributed by atoms with E-state index >= 15 is 4.39 Å². The number of carbonyl (C=O) groups excluding carboxylic acids is 4. The van der Waals surface area contributed by atoms with Crippen LogP contribution in [-0.4, -0.2) is 40.5 Å². The van der Waals surface area contributed by atoms with E-state index in [1.165, 1.54) is 0 Å². The fourth-order valence-corrected chi connectivity index (χ4v) is 8.03. The summed E-state index contributed by atoms with van der Waals surface area (Å²) < 4.78 is 22.8. The molecule has 0 aromatic rings. The Morgan fingerprint density at radius 1 is 1.10 bits per heavy atom. The van der Waals surface area contributed by atoms with Gasteiger partial charge in [0.15, 0.2) is 22.8 Å². The van der Waals surface area contributed by atoms with E-state index in [-0.39, 0.29) is 42.8 Å². The summed E-state index contributed by atoms with van der Waals surface area (Å²) in [5, 5.41) is 0. The molecule has 7 heteroatoms. The lowest BCUT2D eigenvalue weighted by Gasteiger charge is -2.62. The van der Waals surface area contributed by atoms with E-state index in [9.17, 15) is 19.2 Å². The maximum absolute atomic E-state index is 17.1. The van der Waals surface area contributed by atoms with Crippen molar-refractivity contribution in [3.8, 4) is 0 Å². The van der Waals surface area contributed by atoms with Gasteiger partial charge in [0.2, 0.25) is 0 Å². The van der Waals surface area contributed by atoms with E-state index in [1.807, 2.05) is 13.8 Å². The van der Waals surface area contributed by atoms with Gasteiger partial charge in [0.05, 0.1) is 5.88 Å². The fourth-order valence-electron chi connectivity index (χ4n) is 7.81. The topological polar surface area (TPSA) is 77.5 Å². The van der Waals surface area contributed by atoms with Crippen LogP contribution in [0.4, 0.5) is 4.39 Å². The van der Waals surface area contributed by atoms with Crippen molar-refractivity contribution >= 4 is 34.9 Å². The lowest BCUT2D eigenvalue weighted by Crippen LogP contribution is -2.70. The zero-order chi connectivity index (χ0) is 22.8. The first kappa shape index (κ1) is 22.9. The number of alkyl halides is 2. The number of ketones is 3. The molecule has 0 spiro atoms. The molecule has 4 aliphatic rings. The van der Waals surface area contributed by atoms with Crippen LogP contribution in [0.2, 0.25) is 0 Å². The quantitative estimate of drug-likeness (QED) is 0.465. The first-order valence-electron chi connectivity index (χ1n) is 11.5. The van der Waals surface area contributed by atoms with Gasteiger partial charge < -0.3 is 4.74 Å². The van der Waals surface area contributed by atoms with Gasteiger partial charge in [-0.1, -0.05) is 20.8 Å². The molecule has 0 bridgehead atoms. The molecule has 0 unspecified atom stereocenters. The first-order chi connectivity index (χ1) is 14.5. The van der Waals surface area contributed by atoms with Crippen molar-refractivity contribution in [3.63, 3.8) is 0 Å². The summed E-state index contributed by atoms with van der Waals surface area (Å²) in [6.07, 6.45) is 2.97. The van der Waals surface area contributed by atoms with Crippen molar-refractivity contribution in [2.45, 2.75) is 89.8 Å². The molecule has 7 atom stereocenters. The fraction of sp³-hybridized carbons (Fsp3) is 0.833. The molecule has 4 fully saturated rings. The highest BCUT2D eigenvalue weighted by molar-refractivity contribution is 6.29. The number of hydrogen-bond donors (Lipinski definition) is 0. The molecule has 0 aliphatic heterocycles. The predicted molar refractivity (Wildman–Crippen MR) is 112 cm³/mol. The molecule has 0 saturated heterocycles. The van der Waals surface area contributed by atoms with Crippen LogP contribution in [-0.2, 0) is 23.9 Å². The minimum atomic E-state index is -2.02. The highest BCUT2D eigenvalue weighted by Gasteiger charge is 2.76. The Labute approximate surface area is 187 Å². The summed E-state index contributed by atoms with van der Waals surface area (Å²) in [6, 6.07) is 0. The van der Waals surface area contributed by atoms with Crippen LogP contribution in [0.1, 0.15) is 78.6 Å². The standard InChI is InChI=1S/C24H32ClFO5/c1-4-20(30)31-23(19(29)13-25)10-8-16-17-6-5-14-11-15(27)7-9-21(14,2)24(17,26)18(28)12-22(16,23)3/h14,16-17H,4-13H2,1-3H3/t14-,16+,17+,21+,22+,23-,24+/m1/s1. The maximum atomic E-state index is 17.1. The van der Waals surface area contributed by atoms with Gasteiger partial charge in [-0.05, 0) is 43.9 Å². The van der Waals surface area contributed by atoms with E-state index < -0.39 is 45.6 Å². The molecular formula is C24H32ClFO5. The van der Waals surface area contributed by atoms with Gasteiger partial charge in [-0.3, -0.25) is 19.2 Å². The molecule has 4 aliphatic carbocycles. The first-order valence-corrected chi connectivity index (χ1v) is 12.1. The number of rotatable bonds is 4. The van der Waals surface area contributed by atoms with E-state index in [0.717, 1.165) is 0 Å². The van der Waals surface area contributed by atoms with E-state index in [1.54, 1.807) is 6.92 Å². The molecule has 0 heterocycles. The summed E-state index contributed by atoms with van der Waals surface area (Å²) in [4.78, 5) is 51.1. The third-order valence-electron chi connectivity index (χ3n) is 9.58. The predicted octanol–water partition coefficient (Wildman–Crippen LogP) is 4.37. The Hall–Kier alpha value is -1.30. The molecule has 4 saturated carbocycles. The molecular weight excluding hydrogens is 423 g/mol. The third-order valence-corrected chi connectivity index (χ3v) is 9.83. The Bertz CT molecular complexity index is 844. The molecule has 172 valence electrons. The molecule has 0 radical (unpaired) electrons. The van der Waals surface area contributed by atoms with Crippen LogP contribution in [0, 0.1) is 28.6 Å². The summed E-state index contributed by atoms with van der Waals surface area (Å²) >= 11 is 5.94. The lowest BCUT2D eigenvalue weighted by atomic mass is 9.42. The van der Waals surface area contributed by atoms with Crippen molar-refractivity contribution in [2.75, 3.05) is 5.88 Å². The molecule has 0 N–H and O–H groups in total. The number of fused-ring (bicyclic) bond motifs is 5. The van der Waals surface area contributed by atoms with Crippen LogP contribution in [0.5, 0.6) is 0 Å². The Morgan fingerprint density at radius 2 is 1.81 bits per heavy atom. The van der Waals surface area contributed by atoms with Crippen molar-refractivity contribution in [1.29, 1.82) is 0 Å². The average molecular weight is 455 g/mol. The van der Waals surface area contributed by atoms with E-state index in [2.05, 4.69) is 0 Å². The van der Waals surface area contributed by atoms with Gasteiger partial charge in [-0.15, -0.1) is 11.6 Å². The maximum Gasteiger partial charge on any atom is 0.306 e. The minimum absolute atomic E-state index is 0.107. The number of ether oxygens (including phenoxy) is 1. The van der Waals surface area contributed by atoms with Gasteiger partial charge in [-0.25, -0.2) is 4.39 Å². The zero-order valence-corrected chi connectivity index (χ0v) is 19.4. The summed E-state index contributed by atoms with van der Waals surface area (Å²) in [7, 11) is 0. The SMILES string of the molecule is CCC(=O)O[C@@]1(C(=O)CCl)CC[C@H]2[C@@H]3CC[C@@H]4CC(=O)CC[C@]4(C)[C@@]3(F)C(=O)C[C@@]21C. The smallest absolute Gasteiger partial charge is 0.306 e. The summed E-state index contributed by atoms with van der Waals surface area (Å²) in [5.41, 5.74) is -5.35. The van der Waals surface area contributed by atoms with Gasteiger partial charge >= 0.3 is 5.97 Å². The molecule has 0 amide bonds. The third kappa shape index (κ3) is 2.79. The number of Topliss-reactive ketones (excluding diaryl/α,β-unsaturated/α-hetero) is 3. The highest BCUT2D eigenvalue weighted by Crippen LogP contribution is 2.70. The van der Waals surface area contributed by atoms with Gasteiger partial charge in [-0.2, -0.15) is 0 Å². The van der Waals surface area contributed by atoms with Crippen molar-refractivity contribution in [3.05, 3.63) is 0 Å². The van der Waals surface area contributed by atoms with Crippen LogP contribution >= 0.6 is 11.6 Å². The number of hydrogen-bond acceptors (Lipinski definition) is 5. The second-order valence-electron chi connectivity index (χ2n) is 10.6. The zero-order valence-electron chi connectivity index (χ0n) is 18.6. The normalized spacial score (nSPS) is 46.7. The Balaban J connectivity index is 1.78. The van der Waals surface area contributed by atoms with E-state index in [4.69, 9.17) is 16.3 Å². The van der Waals surface area contributed by atoms with Crippen molar-refractivity contribution in [1.82, 2.24) is 0 Å². The van der Waals surface area contributed by atoms with Crippen LogP contribution in [0.15, 0.2) is 0 Å². The van der Waals surface area contributed by atoms with Gasteiger partial charge in [0.25, 0.3) is 0 Å². The van der Waals surface area contributed by atoms with Crippen LogP contribution in [0.3, 0.4) is 0 Å². The highest BCUT2D eigenvalue weighted by atomic mass is 35.5. The lowest BCUT2D eigenvalue weighted by molar-refractivity contribution is -0.213. The average Bonchev–Trinajstić information content (AvgIpc) is 3.01. The monoisotopic (exact) mass is 454 g/mol. The number of esters is 1. The van der Waals surface area contributed by atoms with Crippen molar-refractivity contribution in [2.24, 2.45) is 28.6 Å². The summed E-state index contributed by atoms with van der Waals surface area (Å²) in [6.45, 7) is 5.31. The van der Waals surface area contributed by atoms with Crippen LogP contribution < -0.4 is 0 Å². The molecule has 31 heavy (non-hydrogen) atoms. The second kappa shape index (κ2) is 7.36. The van der Waals surface area contributed by atoms with Gasteiger partial charge in [0.1, 0.15) is 5.78 Å². The Kier molecular flexibility index (Phi) is 5.43. The van der Waals surface area contributed by atoms with Crippen molar-refractivity contribution < 1.29 is 28.3 Å². The largest absolute Gasteiger partial charge is 0.450 e. The van der Waals surface area contributed by atoms with Gasteiger partial charge in [0, 0.05) is 42.4 Å². The number of halogens is 2.